The first-order valence-electron chi connectivity index (χ1n) is 7.47. The number of benzene rings is 2. The van der Waals surface area contributed by atoms with Crippen molar-refractivity contribution in [2.24, 2.45) is 4.40 Å². The number of para-hydroxylation sites is 1. The van der Waals surface area contributed by atoms with Crippen molar-refractivity contribution in [2.75, 3.05) is 0 Å². The second-order valence-corrected chi connectivity index (χ2v) is 8.26. The van der Waals surface area contributed by atoms with Crippen molar-refractivity contribution in [2.45, 2.75) is 25.5 Å². The van der Waals surface area contributed by atoms with Crippen molar-refractivity contribution >= 4 is 28.2 Å². The molecule has 0 saturated heterocycles. The molecule has 2 aromatic carbocycles. The first-order chi connectivity index (χ1) is 11.4. The van der Waals surface area contributed by atoms with E-state index in [0.29, 0.717) is 16.8 Å². The highest BCUT2D eigenvalue weighted by atomic mass is 32.2. The molecule has 0 radical (unpaired) electrons. The molecule has 24 heavy (non-hydrogen) atoms. The van der Waals surface area contributed by atoms with Crippen molar-refractivity contribution < 1.29 is 13.1 Å². The second-order valence-electron chi connectivity index (χ2n) is 6.32. The largest absolute Gasteiger partial charge is 0.356 e. The Hall–Kier alpha value is -2.34. The molecule has 0 spiro atoms. The third kappa shape index (κ3) is 3.14. The average Bonchev–Trinajstić information content (AvgIpc) is 2.96. The van der Waals surface area contributed by atoms with Gasteiger partial charge in [0.25, 0.3) is 0 Å². The Morgan fingerprint density at radius 2 is 1.92 bits per heavy atom. The molecule has 0 aliphatic heterocycles. The fourth-order valence-electron chi connectivity index (χ4n) is 2.21. The normalized spacial score (nSPS) is 13.7. The quantitative estimate of drug-likeness (QED) is 0.657. The van der Waals surface area contributed by atoms with Gasteiger partial charge in [-0.25, -0.2) is 8.60 Å². The lowest BCUT2D eigenvalue weighted by Crippen LogP contribution is -2.19. The summed E-state index contributed by atoms with van der Waals surface area (Å²) in [5, 5.41) is 4.85. The summed E-state index contributed by atoms with van der Waals surface area (Å²) in [6.45, 7) is 5.44. The van der Waals surface area contributed by atoms with Crippen LogP contribution in [0.5, 0.6) is 0 Å². The van der Waals surface area contributed by atoms with E-state index in [1.165, 1.54) is 12.3 Å². The number of halogens is 1. The molecule has 124 valence electrons. The summed E-state index contributed by atoms with van der Waals surface area (Å²) < 4.78 is 35.3. The molecule has 1 aromatic heterocycles. The number of hydrogen-bond donors (Lipinski definition) is 0. The van der Waals surface area contributed by atoms with Gasteiger partial charge < -0.3 is 4.52 Å². The van der Waals surface area contributed by atoms with E-state index >= 15 is 0 Å². The Bertz CT molecular complexity index is 942. The molecule has 1 atom stereocenters. The highest BCUT2D eigenvalue weighted by Crippen LogP contribution is 2.30. The minimum absolute atomic E-state index is 0.245. The van der Waals surface area contributed by atoms with Crippen LogP contribution in [0.15, 0.2) is 51.4 Å². The zero-order valence-electron chi connectivity index (χ0n) is 13.6. The van der Waals surface area contributed by atoms with E-state index < -0.39 is 21.5 Å². The second kappa shape index (κ2) is 6.28. The number of rotatable bonds is 3. The zero-order valence-corrected chi connectivity index (χ0v) is 14.4. The maximum atomic E-state index is 14.3. The Kier molecular flexibility index (Phi) is 4.32. The molecule has 0 saturated carbocycles. The van der Waals surface area contributed by atoms with Gasteiger partial charge in [-0.2, -0.15) is 4.40 Å². The predicted octanol–water partition coefficient (Wildman–Crippen LogP) is 4.52. The number of fused-ring (bicyclic) bond motifs is 1. The lowest BCUT2D eigenvalue weighted by molar-refractivity contribution is 0.459. The molecule has 4 nitrogen and oxygen atoms in total. The summed E-state index contributed by atoms with van der Waals surface area (Å²) in [6, 6.07) is 12.1. The van der Waals surface area contributed by atoms with Crippen molar-refractivity contribution in [3.05, 3.63) is 53.8 Å². The SMILES string of the molecule is CC(C)(C)[S@](=O)N=Cc1c(F)cccc1-c1noc2ccccc12. The summed E-state index contributed by atoms with van der Waals surface area (Å²) in [4.78, 5) is 0. The van der Waals surface area contributed by atoms with E-state index in [2.05, 4.69) is 9.55 Å². The van der Waals surface area contributed by atoms with Crippen LogP contribution in [0.1, 0.15) is 26.3 Å². The van der Waals surface area contributed by atoms with Crippen LogP contribution in [0.4, 0.5) is 4.39 Å². The van der Waals surface area contributed by atoms with Crippen LogP contribution >= 0.6 is 0 Å². The van der Waals surface area contributed by atoms with Gasteiger partial charge in [-0.05, 0) is 39.0 Å². The van der Waals surface area contributed by atoms with Gasteiger partial charge in [0.15, 0.2) is 5.58 Å². The number of aromatic nitrogens is 1. The monoisotopic (exact) mass is 344 g/mol. The predicted molar refractivity (Wildman–Crippen MR) is 94.9 cm³/mol. The first-order valence-corrected chi connectivity index (χ1v) is 8.58. The maximum absolute atomic E-state index is 14.3. The van der Waals surface area contributed by atoms with Gasteiger partial charge in [-0.1, -0.05) is 29.4 Å². The number of hydrogen-bond acceptors (Lipinski definition) is 3. The Balaban J connectivity index is 2.12. The molecule has 0 unspecified atom stereocenters. The average molecular weight is 344 g/mol. The molecule has 0 bridgehead atoms. The minimum atomic E-state index is -1.47. The molecule has 0 fully saturated rings. The van der Waals surface area contributed by atoms with Crippen LogP contribution in [0.3, 0.4) is 0 Å². The smallest absolute Gasteiger partial charge is 0.167 e. The van der Waals surface area contributed by atoms with E-state index in [1.807, 2.05) is 39.0 Å². The van der Waals surface area contributed by atoms with Crippen LogP contribution in [0.25, 0.3) is 22.2 Å². The van der Waals surface area contributed by atoms with Crippen molar-refractivity contribution in [1.29, 1.82) is 0 Å². The van der Waals surface area contributed by atoms with E-state index in [4.69, 9.17) is 4.52 Å². The van der Waals surface area contributed by atoms with Gasteiger partial charge in [0.2, 0.25) is 0 Å². The van der Waals surface area contributed by atoms with Crippen molar-refractivity contribution in [1.82, 2.24) is 5.16 Å². The van der Waals surface area contributed by atoms with Crippen LogP contribution in [-0.4, -0.2) is 20.3 Å². The molecule has 0 aliphatic carbocycles. The fourth-order valence-corrected chi connectivity index (χ4v) is 2.73. The topological polar surface area (TPSA) is 55.5 Å². The molecule has 6 heteroatoms. The van der Waals surface area contributed by atoms with E-state index in [0.717, 1.165) is 5.39 Å². The lowest BCUT2D eigenvalue weighted by Gasteiger charge is -2.13. The summed E-state index contributed by atoms with van der Waals surface area (Å²) in [7, 11) is -1.47. The molecule has 0 N–H and O–H groups in total. The first kappa shape index (κ1) is 16.5. The third-order valence-electron chi connectivity index (χ3n) is 3.49. The lowest BCUT2D eigenvalue weighted by atomic mass is 10.0. The van der Waals surface area contributed by atoms with Gasteiger partial charge >= 0.3 is 0 Å². The van der Waals surface area contributed by atoms with E-state index in [1.54, 1.807) is 18.2 Å². The van der Waals surface area contributed by atoms with Crippen molar-refractivity contribution in [3.8, 4) is 11.3 Å². The standard InChI is InChI=1S/C18H17FN2O2S/c1-18(2,3)24(22)20-11-14-12(8-6-9-15(14)19)17-13-7-4-5-10-16(13)23-21-17/h4-11H,1-3H3/t24-/m0/s1. The fraction of sp³-hybridized carbons (Fsp3) is 0.222. The van der Waals surface area contributed by atoms with Crippen LogP contribution in [-0.2, 0) is 11.0 Å². The molecule has 3 aromatic rings. The highest BCUT2D eigenvalue weighted by Gasteiger charge is 2.20. The molecular formula is C18H17FN2O2S. The molecule has 1 heterocycles. The summed E-state index contributed by atoms with van der Waals surface area (Å²) >= 11 is 0. The van der Waals surface area contributed by atoms with Crippen LogP contribution < -0.4 is 0 Å². The summed E-state index contributed by atoms with van der Waals surface area (Å²) in [5.41, 5.74) is 1.95. The zero-order chi connectivity index (χ0) is 17.3. The maximum Gasteiger partial charge on any atom is 0.167 e. The Morgan fingerprint density at radius 1 is 1.17 bits per heavy atom. The molecule has 3 rings (SSSR count). The van der Waals surface area contributed by atoms with Crippen LogP contribution in [0, 0.1) is 5.82 Å². The van der Waals surface area contributed by atoms with E-state index in [9.17, 15) is 8.60 Å². The van der Waals surface area contributed by atoms with Crippen molar-refractivity contribution in [3.63, 3.8) is 0 Å². The van der Waals surface area contributed by atoms with E-state index in [-0.39, 0.29) is 5.56 Å². The molecule has 0 amide bonds. The van der Waals surface area contributed by atoms with Gasteiger partial charge in [0.05, 0.1) is 4.75 Å². The van der Waals surface area contributed by atoms with Gasteiger partial charge in [0.1, 0.15) is 22.5 Å². The third-order valence-corrected chi connectivity index (χ3v) is 4.83. The van der Waals surface area contributed by atoms with Gasteiger partial charge in [-0.15, -0.1) is 0 Å². The molecular weight excluding hydrogens is 327 g/mol. The highest BCUT2D eigenvalue weighted by molar-refractivity contribution is 7.85. The Morgan fingerprint density at radius 3 is 2.67 bits per heavy atom. The molecule has 0 aliphatic rings. The van der Waals surface area contributed by atoms with Gasteiger partial charge in [-0.3, -0.25) is 0 Å². The number of nitrogens with zero attached hydrogens (tertiary/aromatic N) is 2. The van der Waals surface area contributed by atoms with Crippen LogP contribution in [0.2, 0.25) is 0 Å². The van der Waals surface area contributed by atoms with Gasteiger partial charge in [0, 0.05) is 22.7 Å². The Labute approximate surface area is 142 Å². The summed E-state index contributed by atoms with van der Waals surface area (Å²) in [5.74, 6) is -0.450. The summed E-state index contributed by atoms with van der Waals surface area (Å²) in [6.07, 6.45) is 1.31. The minimum Gasteiger partial charge on any atom is -0.356 e.